The quantitative estimate of drug-likeness (QED) is 0.367. The minimum atomic E-state index is -3.71. The molecule has 0 bridgehead atoms. The minimum Gasteiger partial charge on any atom is -0.305 e. The summed E-state index contributed by atoms with van der Waals surface area (Å²) in [6.45, 7) is 1.67. The highest BCUT2D eigenvalue weighted by molar-refractivity contribution is 7.60. The van der Waals surface area contributed by atoms with E-state index in [4.69, 9.17) is 9.05 Å². The molecule has 0 amide bonds. The van der Waals surface area contributed by atoms with Crippen LogP contribution in [0.5, 0.6) is 0 Å². The van der Waals surface area contributed by atoms with Crippen molar-refractivity contribution in [1.29, 1.82) is 0 Å². The van der Waals surface area contributed by atoms with Crippen molar-refractivity contribution in [3.8, 4) is 0 Å². The normalized spacial score (nSPS) is 18.2. The highest BCUT2D eigenvalue weighted by Gasteiger charge is 2.36. The predicted molar refractivity (Wildman–Crippen MR) is 75.9 cm³/mol. The molecular weight excluding hydrogens is 297 g/mol. The number of hydrogen-bond acceptors (Lipinski definition) is 6. The lowest BCUT2D eigenvalue weighted by molar-refractivity contribution is -0.385. The van der Waals surface area contributed by atoms with Crippen LogP contribution in [0.15, 0.2) is 29.6 Å². The lowest BCUT2D eigenvalue weighted by atomic mass is 10.1. The second-order valence-corrected chi connectivity index (χ2v) is 6.41. The maximum atomic E-state index is 12.6. The van der Waals surface area contributed by atoms with E-state index in [0.29, 0.717) is 6.42 Å². The van der Waals surface area contributed by atoms with Gasteiger partial charge in [-0.05, 0) is 25.5 Å². The average Bonchev–Trinajstić information content (AvgIpc) is 2.45. The van der Waals surface area contributed by atoms with Crippen LogP contribution in [0.4, 0.5) is 5.69 Å². The van der Waals surface area contributed by atoms with Gasteiger partial charge in [0.2, 0.25) is 0 Å². The van der Waals surface area contributed by atoms with Crippen LogP contribution in [0.25, 0.3) is 6.08 Å². The molecule has 1 saturated heterocycles. The summed E-state index contributed by atoms with van der Waals surface area (Å²) in [5, 5.41) is 10.8. The Morgan fingerprint density at radius 2 is 1.95 bits per heavy atom. The maximum absolute atomic E-state index is 12.6. The molecule has 0 N–H and O–H groups in total. The molecule has 0 aliphatic carbocycles. The fraction of sp³-hybridized carbons (Fsp3) is 0.308. The zero-order valence-electron chi connectivity index (χ0n) is 11.4. The Kier molecular flexibility index (Phi) is 4.67. The third-order valence-electron chi connectivity index (χ3n) is 2.89. The van der Waals surface area contributed by atoms with E-state index in [-0.39, 0.29) is 29.8 Å². The largest absolute Gasteiger partial charge is 0.364 e. The van der Waals surface area contributed by atoms with Gasteiger partial charge in [0.25, 0.3) is 5.69 Å². The maximum Gasteiger partial charge on any atom is 0.364 e. The Labute approximate surface area is 121 Å². The third kappa shape index (κ3) is 3.44. The number of Topliss-reactive ketones (excluding diaryl/α,β-unsaturated/α-hetero) is 1. The van der Waals surface area contributed by atoms with Crippen molar-refractivity contribution in [3.63, 3.8) is 0 Å². The summed E-state index contributed by atoms with van der Waals surface area (Å²) in [5.41, 5.74) is 0.000517. The van der Waals surface area contributed by atoms with Crippen molar-refractivity contribution in [3.05, 3.63) is 45.3 Å². The van der Waals surface area contributed by atoms with Crippen LogP contribution in [0, 0.1) is 10.1 Å². The van der Waals surface area contributed by atoms with Crippen LogP contribution in [0.1, 0.15) is 18.9 Å². The van der Waals surface area contributed by atoms with Gasteiger partial charge >= 0.3 is 7.60 Å². The first-order chi connectivity index (χ1) is 9.94. The summed E-state index contributed by atoms with van der Waals surface area (Å²) in [7, 11) is -3.71. The topological polar surface area (TPSA) is 95.7 Å². The summed E-state index contributed by atoms with van der Waals surface area (Å²) in [4.78, 5) is 22.2. The highest BCUT2D eigenvalue weighted by Crippen LogP contribution is 2.58. The van der Waals surface area contributed by atoms with Crippen molar-refractivity contribution >= 4 is 25.1 Å². The monoisotopic (exact) mass is 311 g/mol. The molecule has 0 aromatic heterocycles. The highest BCUT2D eigenvalue weighted by atomic mass is 31.2. The molecule has 1 fully saturated rings. The zero-order valence-corrected chi connectivity index (χ0v) is 12.2. The molecule has 0 atom stereocenters. The molecule has 1 aromatic rings. The lowest BCUT2D eigenvalue weighted by Crippen LogP contribution is -2.12. The van der Waals surface area contributed by atoms with E-state index < -0.39 is 18.3 Å². The number of carbonyl (C=O) groups is 1. The molecule has 0 radical (unpaired) electrons. The molecule has 2 rings (SSSR count). The smallest absolute Gasteiger partial charge is 0.305 e. The fourth-order valence-electron chi connectivity index (χ4n) is 1.90. The first kappa shape index (κ1) is 15.6. The van der Waals surface area contributed by atoms with Gasteiger partial charge in [0.1, 0.15) is 5.31 Å². The van der Waals surface area contributed by atoms with E-state index in [1.165, 1.54) is 31.2 Å². The summed E-state index contributed by atoms with van der Waals surface area (Å²) in [6, 6.07) is 5.88. The number of ketones is 1. The molecule has 7 nitrogen and oxygen atoms in total. The van der Waals surface area contributed by atoms with Crippen molar-refractivity contribution in [2.75, 3.05) is 13.2 Å². The predicted octanol–water partition coefficient (Wildman–Crippen LogP) is 3.15. The Hall–Kier alpha value is -1.82. The zero-order chi connectivity index (χ0) is 15.5. The van der Waals surface area contributed by atoms with Gasteiger partial charge in [-0.2, -0.15) is 0 Å². The van der Waals surface area contributed by atoms with Crippen LogP contribution < -0.4 is 0 Å². The fourth-order valence-corrected chi connectivity index (χ4v) is 3.68. The minimum absolute atomic E-state index is 0.170. The van der Waals surface area contributed by atoms with Gasteiger partial charge in [-0.25, -0.2) is 0 Å². The van der Waals surface area contributed by atoms with Crippen LogP contribution in [0.2, 0.25) is 0 Å². The first-order valence-electron chi connectivity index (χ1n) is 6.30. The standard InChI is InChI=1S/C13H14NO6P/c1-10(15)13(21(18)19-7-4-8-20-21)9-11-5-2-3-6-12(11)14(16)17/h2-3,5-6,9H,4,7-8H2,1H3/b13-9+. The van der Waals surface area contributed by atoms with Crippen molar-refractivity contribution in [2.24, 2.45) is 0 Å². The lowest BCUT2D eigenvalue weighted by Gasteiger charge is -2.23. The Morgan fingerprint density at radius 3 is 2.52 bits per heavy atom. The second kappa shape index (κ2) is 6.30. The number of nitro groups is 1. The van der Waals surface area contributed by atoms with Gasteiger partial charge in [-0.1, -0.05) is 12.1 Å². The molecule has 21 heavy (non-hydrogen) atoms. The molecule has 1 aliphatic heterocycles. The number of rotatable bonds is 4. The SMILES string of the molecule is CC(=O)/C(=C\c1ccccc1[N+](=O)[O-])P1(=O)OCCCO1. The average molecular weight is 311 g/mol. The number of nitrogens with zero attached hydrogens (tertiary/aromatic N) is 1. The molecule has 1 aromatic carbocycles. The van der Waals surface area contributed by atoms with Crippen molar-refractivity contribution in [1.82, 2.24) is 0 Å². The van der Waals surface area contributed by atoms with Gasteiger partial charge in [0, 0.05) is 6.07 Å². The van der Waals surface area contributed by atoms with Gasteiger partial charge in [-0.3, -0.25) is 19.5 Å². The van der Waals surface area contributed by atoms with Gasteiger partial charge in [0.15, 0.2) is 5.78 Å². The van der Waals surface area contributed by atoms with E-state index in [1.807, 2.05) is 0 Å². The first-order valence-corrected chi connectivity index (χ1v) is 7.84. The molecule has 112 valence electrons. The van der Waals surface area contributed by atoms with E-state index in [2.05, 4.69) is 0 Å². The van der Waals surface area contributed by atoms with Crippen LogP contribution in [-0.2, 0) is 18.4 Å². The van der Waals surface area contributed by atoms with Crippen molar-refractivity contribution in [2.45, 2.75) is 13.3 Å². The number of carbonyl (C=O) groups excluding carboxylic acids is 1. The molecule has 8 heteroatoms. The van der Waals surface area contributed by atoms with E-state index >= 15 is 0 Å². The Bertz CT molecular complexity index is 644. The molecule has 1 aliphatic rings. The number of para-hydroxylation sites is 1. The number of nitro benzene ring substituents is 1. The molecule has 0 unspecified atom stereocenters. The number of hydrogen-bond donors (Lipinski definition) is 0. The molecule has 1 heterocycles. The second-order valence-electron chi connectivity index (χ2n) is 4.42. The summed E-state index contributed by atoms with van der Waals surface area (Å²) < 4.78 is 22.8. The van der Waals surface area contributed by atoms with E-state index in [1.54, 1.807) is 6.07 Å². The van der Waals surface area contributed by atoms with Crippen LogP contribution in [-0.4, -0.2) is 23.9 Å². The molecular formula is C13H14NO6P. The Morgan fingerprint density at radius 1 is 1.33 bits per heavy atom. The number of allylic oxidation sites excluding steroid dienone is 1. The summed E-state index contributed by atoms with van der Waals surface area (Å²) in [6.07, 6.45) is 1.80. The van der Waals surface area contributed by atoms with Crippen LogP contribution >= 0.6 is 7.60 Å². The van der Waals surface area contributed by atoms with E-state index in [9.17, 15) is 19.5 Å². The van der Waals surface area contributed by atoms with Gasteiger partial charge < -0.3 is 9.05 Å². The van der Waals surface area contributed by atoms with Gasteiger partial charge in [0.05, 0.1) is 23.7 Å². The number of benzene rings is 1. The third-order valence-corrected chi connectivity index (χ3v) is 4.97. The van der Waals surface area contributed by atoms with Crippen molar-refractivity contribution < 1.29 is 23.3 Å². The van der Waals surface area contributed by atoms with E-state index in [0.717, 1.165) is 0 Å². The van der Waals surface area contributed by atoms with Gasteiger partial charge in [-0.15, -0.1) is 0 Å². The van der Waals surface area contributed by atoms with Crippen LogP contribution in [0.3, 0.4) is 0 Å². The summed E-state index contributed by atoms with van der Waals surface area (Å²) >= 11 is 0. The molecule has 0 saturated carbocycles. The molecule has 0 spiro atoms. The summed E-state index contributed by atoms with van der Waals surface area (Å²) in [5.74, 6) is -0.501. The Balaban J connectivity index is 2.51.